The molecule has 3 nitrogen and oxygen atoms in total. The van der Waals surface area contributed by atoms with Crippen LogP contribution in [0.2, 0.25) is 0 Å². The summed E-state index contributed by atoms with van der Waals surface area (Å²) in [6.07, 6.45) is 3.51. The van der Waals surface area contributed by atoms with E-state index in [4.69, 9.17) is 4.74 Å². The predicted octanol–water partition coefficient (Wildman–Crippen LogP) is 3.40. The van der Waals surface area contributed by atoms with E-state index in [9.17, 15) is 9.90 Å². The third-order valence-corrected chi connectivity index (χ3v) is 4.68. The molecule has 0 aromatic carbocycles. The van der Waals surface area contributed by atoms with Crippen LogP contribution in [0.3, 0.4) is 0 Å². The van der Waals surface area contributed by atoms with E-state index in [-0.39, 0.29) is 17.8 Å². The lowest BCUT2D eigenvalue weighted by atomic mass is 9.61. The van der Waals surface area contributed by atoms with Gasteiger partial charge in [0.25, 0.3) is 0 Å². The van der Waals surface area contributed by atoms with Gasteiger partial charge >= 0.3 is 5.97 Å². The second-order valence-corrected chi connectivity index (χ2v) is 6.44. The largest absolute Gasteiger partial charge is 0.466 e. The highest BCUT2D eigenvalue weighted by molar-refractivity contribution is 5.74. The van der Waals surface area contributed by atoms with Crippen molar-refractivity contribution in [2.45, 2.75) is 65.9 Å². The molecular weight excluding hydrogens is 240 g/mol. The van der Waals surface area contributed by atoms with Crippen LogP contribution in [0.1, 0.15) is 60.3 Å². The Kier molecular flexibility index (Phi) is 5.84. The predicted molar refractivity (Wildman–Crippen MR) is 76.7 cm³/mol. The van der Waals surface area contributed by atoms with Crippen LogP contribution in [0.15, 0.2) is 0 Å². The van der Waals surface area contributed by atoms with E-state index in [2.05, 4.69) is 20.8 Å². The summed E-state index contributed by atoms with van der Waals surface area (Å²) >= 11 is 0. The third kappa shape index (κ3) is 3.50. The van der Waals surface area contributed by atoms with Gasteiger partial charge in [-0.05, 0) is 43.9 Å². The van der Waals surface area contributed by atoms with E-state index in [0.717, 1.165) is 12.8 Å². The number of ether oxygens (including phenoxy) is 1. The molecule has 0 aromatic heterocycles. The first kappa shape index (κ1) is 16.5. The molecule has 1 aliphatic rings. The van der Waals surface area contributed by atoms with Crippen molar-refractivity contribution in [3.63, 3.8) is 0 Å². The minimum absolute atomic E-state index is 0.193. The minimum Gasteiger partial charge on any atom is -0.466 e. The van der Waals surface area contributed by atoms with Crippen molar-refractivity contribution < 1.29 is 14.6 Å². The molecule has 1 saturated carbocycles. The average molecular weight is 270 g/mol. The summed E-state index contributed by atoms with van der Waals surface area (Å²) in [7, 11) is 0. The van der Waals surface area contributed by atoms with E-state index < -0.39 is 5.60 Å². The molecule has 0 radical (unpaired) electrons. The number of carbonyl (C=O) groups is 1. The van der Waals surface area contributed by atoms with Crippen molar-refractivity contribution in [1.82, 2.24) is 0 Å². The zero-order valence-electron chi connectivity index (χ0n) is 13.1. The third-order valence-electron chi connectivity index (χ3n) is 4.68. The van der Waals surface area contributed by atoms with Crippen LogP contribution in [0.5, 0.6) is 0 Å². The maximum atomic E-state index is 12.2. The molecule has 0 aromatic rings. The fourth-order valence-corrected chi connectivity index (χ4v) is 3.80. The summed E-state index contributed by atoms with van der Waals surface area (Å²) in [5.74, 6) is 0.442. The highest BCUT2D eigenvalue weighted by Gasteiger charge is 2.50. The molecule has 0 saturated heterocycles. The van der Waals surface area contributed by atoms with Gasteiger partial charge in [0, 0.05) is 0 Å². The molecule has 112 valence electrons. The van der Waals surface area contributed by atoms with Crippen LogP contribution in [0.25, 0.3) is 0 Å². The summed E-state index contributed by atoms with van der Waals surface area (Å²) in [6, 6.07) is 0. The van der Waals surface area contributed by atoms with E-state index >= 15 is 0 Å². The smallest absolute Gasteiger partial charge is 0.311 e. The molecular formula is C16H30O3. The lowest BCUT2D eigenvalue weighted by Crippen LogP contribution is -2.53. The van der Waals surface area contributed by atoms with E-state index in [1.165, 1.54) is 0 Å². The van der Waals surface area contributed by atoms with Gasteiger partial charge in [0.1, 0.15) is 0 Å². The molecule has 0 bridgehead atoms. The van der Waals surface area contributed by atoms with Gasteiger partial charge in [-0.2, -0.15) is 0 Å². The summed E-state index contributed by atoms with van der Waals surface area (Å²) in [6.45, 7) is 10.6. The van der Waals surface area contributed by atoms with Crippen LogP contribution < -0.4 is 0 Å². The van der Waals surface area contributed by atoms with Gasteiger partial charge in [0.05, 0.1) is 18.1 Å². The molecule has 1 N–H and O–H groups in total. The molecule has 0 heterocycles. The van der Waals surface area contributed by atoms with E-state index in [0.29, 0.717) is 31.3 Å². The zero-order chi connectivity index (χ0) is 14.6. The lowest BCUT2D eigenvalue weighted by molar-refractivity contribution is -0.173. The van der Waals surface area contributed by atoms with Crippen molar-refractivity contribution in [2.24, 2.45) is 23.7 Å². The van der Waals surface area contributed by atoms with Crippen LogP contribution in [-0.4, -0.2) is 23.3 Å². The Morgan fingerprint density at radius 1 is 1.37 bits per heavy atom. The van der Waals surface area contributed by atoms with Gasteiger partial charge in [0.2, 0.25) is 0 Å². The van der Waals surface area contributed by atoms with Gasteiger partial charge in [-0.25, -0.2) is 0 Å². The summed E-state index contributed by atoms with van der Waals surface area (Å²) in [5.41, 5.74) is -0.896. The van der Waals surface area contributed by atoms with Gasteiger partial charge in [-0.1, -0.05) is 34.1 Å². The monoisotopic (exact) mass is 270 g/mol. The van der Waals surface area contributed by atoms with Gasteiger partial charge in [-0.3, -0.25) is 4.79 Å². The number of hydrogen-bond acceptors (Lipinski definition) is 3. The Hall–Kier alpha value is -0.570. The summed E-state index contributed by atoms with van der Waals surface area (Å²) in [4.78, 5) is 12.2. The number of aliphatic hydroxyl groups is 1. The quantitative estimate of drug-likeness (QED) is 0.779. The molecule has 19 heavy (non-hydrogen) atoms. The highest BCUT2D eigenvalue weighted by Crippen LogP contribution is 2.46. The summed E-state index contributed by atoms with van der Waals surface area (Å²) < 4.78 is 5.18. The maximum absolute atomic E-state index is 12.2. The Labute approximate surface area is 117 Å². The molecule has 0 amide bonds. The fraction of sp³-hybridized carbons (Fsp3) is 0.938. The normalized spacial score (nSPS) is 33.2. The number of esters is 1. The first-order valence-corrected chi connectivity index (χ1v) is 7.75. The Morgan fingerprint density at radius 2 is 2.00 bits per heavy atom. The Balaban J connectivity index is 3.01. The van der Waals surface area contributed by atoms with Crippen molar-refractivity contribution in [1.29, 1.82) is 0 Å². The molecule has 4 atom stereocenters. The van der Waals surface area contributed by atoms with Gasteiger partial charge in [-0.15, -0.1) is 0 Å². The Morgan fingerprint density at radius 3 is 2.47 bits per heavy atom. The molecule has 3 heteroatoms. The number of rotatable bonds is 5. The average Bonchev–Trinajstić information content (AvgIpc) is 2.28. The van der Waals surface area contributed by atoms with Gasteiger partial charge in [0.15, 0.2) is 0 Å². The van der Waals surface area contributed by atoms with Crippen molar-refractivity contribution in [2.75, 3.05) is 6.61 Å². The molecule has 1 rings (SSSR count). The second kappa shape index (κ2) is 6.74. The van der Waals surface area contributed by atoms with Crippen LogP contribution >= 0.6 is 0 Å². The maximum Gasteiger partial charge on any atom is 0.311 e. The fourth-order valence-electron chi connectivity index (χ4n) is 3.80. The van der Waals surface area contributed by atoms with Crippen LogP contribution in [0.4, 0.5) is 0 Å². The Bertz CT molecular complexity index is 300. The van der Waals surface area contributed by atoms with Crippen LogP contribution in [-0.2, 0) is 9.53 Å². The van der Waals surface area contributed by atoms with Crippen molar-refractivity contribution >= 4 is 5.97 Å². The zero-order valence-corrected chi connectivity index (χ0v) is 13.1. The second-order valence-electron chi connectivity index (χ2n) is 6.44. The van der Waals surface area contributed by atoms with Crippen molar-refractivity contribution in [3.8, 4) is 0 Å². The first-order chi connectivity index (χ1) is 8.86. The standard InChI is InChI=1S/C16H30O3/c1-6-13(15(17)19-7-2)16(18)10-12(5)8-9-14(16)11(3)4/h11-14,18H,6-10H2,1-5H3. The van der Waals surface area contributed by atoms with E-state index in [1.54, 1.807) is 0 Å². The van der Waals surface area contributed by atoms with Crippen LogP contribution in [0, 0.1) is 23.7 Å². The lowest BCUT2D eigenvalue weighted by Gasteiger charge is -2.48. The number of hydrogen-bond donors (Lipinski definition) is 1. The van der Waals surface area contributed by atoms with E-state index in [1.807, 2.05) is 13.8 Å². The number of carbonyl (C=O) groups excluding carboxylic acids is 1. The SMILES string of the molecule is CCOC(=O)C(CC)C1(O)CC(C)CCC1C(C)C. The first-order valence-electron chi connectivity index (χ1n) is 7.75. The molecule has 0 spiro atoms. The summed E-state index contributed by atoms with van der Waals surface area (Å²) in [5, 5.41) is 11.2. The molecule has 1 fully saturated rings. The highest BCUT2D eigenvalue weighted by atomic mass is 16.5. The van der Waals surface area contributed by atoms with Crippen molar-refractivity contribution in [3.05, 3.63) is 0 Å². The molecule has 0 aliphatic heterocycles. The topological polar surface area (TPSA) is 46.5 Å². The molecule has 1 aliphatic carbocycles. The minimum atomic E-state index is -0.896. The molecule has 4 unspecified atom stereocenters. The van der Waals surface area contributed by atoms with Gasteiger partial charge < -0.3 is 9.84 Å².